The Bertz CT molecular complexity index is 825. The third-order valence-electron chi connectivity index (χ3n) is 3.33. The highest BCUT2D eigenvalue weighted by atomic mass is 127. The molecular formula is C18H18I2N2O4. The molecule has 26 heavy (non-hydrogen) atoms. The summed E-state index contributed by atoms with van der Waals surface area (Å²) < 4.78 is 18.0. The molecule has 0 aliphatic carbocycles. The van der Waals surface area contributed by atoms with Crippen LogP contribution in [0.5, 0.6) is 17.2 Å². The summed E-state index contributed by atoms with van der Waals surface area (Å²) in [5.41, 5.74) is 3.77. The van der Waals surface area contributed by atoms with Crippen LogP contribution >= 0.6 is 45.2 Å². The topological polar surface area (TPSA) is 69.2 Å². The first-order chi connectivity index (χ1) is 12.5. The number of hydrogen-bond donors (Lipinski definition) is 1. The van der Waals surface area contributed by atoms with E-state index < -0.39 is 0 Å². The van der Waals surface area contributed by atoms with Gasteiger partial charge in [0.1, 0.15) is 5.75 Å². The predicted molar refractivity (Wildman–Crippen MR) is 118 cm³/mol. The highest BCUT2D eigenvalue weighted by Gasteiger charge is 2.11. The molecule has 0 saturated heterocycles. The van der Waals surface area contributed by atoms with Crippen LogP contribution in [-0.4, -0.2) is 32.9 Å². The van der Waals surface area contributed by atoms with Crippen molar-refractivity contribution in [1.82, 2.24) is 5.43 Å². The molecule has 0 aliphatic heterocycles. The normalized spacial score (nSPS) is 10.7. The number of hydrogen-bond acceptors (Lipinski definition) is 5. The number of rotatable bonds is 7. The number of nitrogens with zero attached hydrogens (tertiary/aromatic N) is 1. The first kappa shape index (κ1) is 20.7. The van der Waals surface area contributed by atoms with Crippen molar-refractivity contribution in [3.05, 3.63) is 48.6 Å². The zero-order chi connectivity index (χ0) is 19.1. The minimum atomic E-state index is -0.316. The molecule has 0 atom stereocenters. The van der Waals surface area contributed by atoms with Crippen LogP contribution in [0.4, 0.5) is 0 Å². The van der Waals surface area contributed by atoms with E-state index in [-0.39, 0.29) is 5.91 Å². The maximum atomic E-state index is 12.2. The third-order valence-corrected chi connectivity index (χ3v) is 5.03. The number of hydrazone groups is 1. The maximum Gasteiger partial charge on any atom is 0.271 e. The van der Waals surface area contributed by atoms with Gasteiger partial charge in [-0.05, 0) is 88.0 Å². The lowest BCUT2D eigenvalue weighted by Crippen LogP contribution is -2.17. The van der Waals surface area contributed by atoms with Crippen molar-refractivity contribution in [3.8, 4) is 17.2 Å². The average Bonchev–Trinajstić information content (AvgIpc) is 2.63. The number of nitrogens with one attached hydrogen (secondary N) is 1. The van der Waals surface area contributed by atoms with Crippen LogP contribution in [0.2, 0.25) is 0 Å². The molecule has 0 saturated carbocycles. The quantitative estimate of drug-likeness (QED) is 0.305. The fourth-order valence-corrected chi connectivity index (χ4v) is 3.47. The number of carbonyl (C=O) groups is 1. The molecule has 138 valence electrons. The molecule has 0 unspecified atom stereocenters. The number of benzene rings is 2. The second-order valence-electron chi connectivity index (χ2n) is 5.02. The molecule has 8 heteroatoms. The Morgan fingerprint density at radius 2 is 1.85 bits per heavy atom. The SMILES string of the molecule is CCOc1c(I)cc(/C=N/NC(=O)c2ccc(I)c(OC)c2)cc1OC. The van der Waals surface area contributed by atoms with E-state index in [4.69, 9.17) is 14.2 Å². The maximum absolute atomic E-state index is 12.2. The van der Waals surface area contributed by atoms with Gasteiger partial charge in [0, 0.05) is 5.56 Å². The molecule has 0 heterocycles. The molecular weight excluding hydrogens is 562 g/mol. The molecule has 1 amide bonds. The summed E-state index contributed by atoms with van der Waals surface area (Å²) in [6.07, 6.45) is 1.56. The van der Waals surface area contributed by atoms with Crippen molar-refractivity contribution < 1.29 is 19.0 Å². The van der Waals surface area contributed by atoms with Gasteiger partial charge in [0.15, 0.2) is 11.5 Å². The minimum absolute atomic E-state index is 0.316. The Morgan fingerprint density at radius 3 is 2.50 bits per heavy atom. The summed E-state index contributed by atoms with van der Waals surface area (Å²) in [7, 11) is 3.15. The summed E-state index contributed by atoms with van der Waals surface area (Å²) >= 11 is 4.32. The lowest BCUT2D eigenvalue weighted by atomic mass is 10.2. The second-order valence-corrected chi connectivity index (χ2v) is 7.34. The molecule has 0 spiro atoms. The van der Waals surface area contributed by atoms with Crippen molar-refractivity contribution >= 4 is 57.3 Å². The van der Waals surface area contributed by atoms with Gasteiger partial charge in [-0.25, -0.2) is 5.43 Å². The van der Waals surface area contributed by atoms with Crippen LogP contribution in [0.15, 0.2) is 35.4 Å². The minimum Gasteiger partial charge on any atom is -0.496 e. The van der Waals surface area contributed by atoms with Crippen LogP contribution in [0.3, 0.4) is 0 Å². The van der Waals surface area contributed by atoms with Crippen LogP contribution in [0, 0.1) is 7.14 Å². The van der Waals surface area contributed by atoms with Gasteiger partial charge in [-0.3, -0.25) is 4.79 Å². The molecule has 2 aromatic carbocycles. The molecule has 2 aromatic rings. The summed E-state index contributed by atoms with van der Waals surface area (Å²) in [6, 6.07) is 8.92. The molecule has 0 radical (unpaired) electrons. The molecule has 1 N–H and O–H groups in total. The van der Waals surface area contributed by atoms with E-state index in [1.807, 2.05) is 19.1 Å². The zero-order valence-corrected chi connectivity index (χ0v) is 18.8. The molecule has 0 fully saturated rings. The highest BCUT2D eigenvalue weighted by molar-refractivity contribution is 14.1. The van der Waals surface area contributed by atoms with E-state index >= 15 is 0 Å². The summed E-state index contributed by atoms with van der Waals surface area (Å²) in [5.74, 6) is 1.65. The van der Waals surface area contributed by atoms with Crippen LogP contribution in [0.1, 0.15) is 22.8 Å². The van der Waals surface area contributed by atoms with E-state index in [0.29, 0.717) is 29.4 Å². The standard InChI is InChI=1S/C18H18I2N2O4/c1-4-26-17-14(20)7-11(8-16(17)25-3)10-21-22-18(23)12-5-6-13(19)15(9-12)24-2/h5-10H,4H2,1-3H3,(H,22,23)/b21-10+. The Balaban J connectivity index is 2.13. The fraction of sp³-hybridized carbons (Fsp3) is 0.222. The Kier molecular flexibility index (Phi) is 7.94. The highest BCUT2D eigenvalue weighted by Crippen LogP contribution is 2.33. The Morgan fingerprint density at radius 1 is 1.12 bits per heavy atom. The zero-order valence-electron chi connectivity index (χ0n) is 14.5. The Hall–Kier alpha value is -1.56. The lowest BCUT2D eigenvalue weighted by molar-refractivity contribution is 0.0954. The monoisotopic (exact) mass is 580 g/mol. The van der Waals surface area contributed by atoms with E-state index in [1.165, 1.54) is 0 Å². The molecule has 0 aliphatic rings. The van der Waals surface area contributed by atoms with Gasteiger partial charge in [0.25, 0.3) is 5.91 Å². The number of carbonyl (C=O) groups excluding carboxylic acids is 1. The van der Waals surface area contributed by atoms with Gasteiger partial charge in [-0.15, -0.1) is 0 Å². The van der Waals surface area contributed by atoms with Crippen molar-refractivity contribution in [2.75, 3.05) is 20.8 Å². The van der Waals surface area contributed by atoms with Crippen LogP contribution in [-0.2, 0) is 0 Å². The largest absolute Gasteiger partial charge is 0.496 e. The summed E-state index contributed by atoms with van der Waals surface area (Å²) in [5, 5.41) is 4.02. The molecule has 0 bridgehead atoms. The van der Waals surface area contributed by atoms with Crippen molar-refractivity contribution in [2.24, 2.45) is 5.10 Å². The second kappa shape index (κ2) is 9.95. The van der Waals surface area contributed by atoms with Gasteiger partial charge in [-0.2, -0.15) is 5.10 Å². The van der Waals surface area contributed by atoms with Crippen molar-refractivity contribution in [2.45, 2.75) is 6.92 Å². The number of methoxy groups -OCH3 is 2. The van der Waals surface area contributed by atoms with Gasteiger partial charge >= 0.3 is 0 Å². The molecule has 6 nitrogen and oxygen atoms in total. The first-order valence-electron chi connectivity index (χ1n) is 7.67. The number of ether oxygens (including phenoxy) is 3. The molecule has 0 aromatic heterocycles. The summed E-state index contributed by atoms with van der Waals surface area (Å²) in [4.78, 5) is 12.2. The van der Waals surface area contributed by atoms with Crippen LogP contribution in [0.25, 0.3) is 0 Å². The fourth-order valence-electron chi connectivity index (χ4n) is 2.13. The van der Waals surface area contributed by atoms with Crippen molar-refractivity contribution in [1.29, 1.82) is 0 Å². The third kappa shape index (κ3) is 5.22. The van der Waals surface area contributed by atoms with E-state index in [1.54, 1.807) is 38.6 Å². The summed E-state index contributed by atoms with van der Waals surface area (Å²) in [6.45, 7) is 2.47. The van der Waals surface area contributed by atoms with Crippen LogP contribution < -0.4 is 19.6 Å². The van der Waals surface area contributed by atoms with E-state index in [0.717, 1.165) is 12.7 Å². The van der Waals surface area contributed by atoms with E-state index in [2.05, 4.69) is 55.7 Å². The van der Waals surface area contributed by atoms with Crippen molar-refractivity contribution in [3.63, 3.8) is 0 Å². The first-order valence-corrected chi connectivity index (χ1v) is 9.83. The van der Waals surface area contributed by atoms with Gasteiger partial charge in [0.05, 0.1) is 34.2 Å². The lowest BCUT2D eigenvalue weighted by Gasteiger charge is -2.12. The molecule has 2 rings (SSSR count). The van der Waals surface area contributed by atoms with Gasteiger partial charge in [0.2, 0.25) is 0 Å². The van der Waals surface area contributed by atoms with E-state index in [9.17, 15) is 4.79 Å². The number of amides is 1. The van der Waals surface area contributed by atoms with Gasteiger partial charge < -0.3 is 14.2 Å². The van der Waals surface area contributed by atoms with Gasteiger partial charge in [-0.1, -0.05) is 0 Å². The Labute approximate surface area is 179 Å². The number of halogens is 2. The predicted octanol–water partition coefficient (Wildman–Crippen LogP) is 4.08. The smallest absolute Gasteiger partial charge is 0.271 e. The average molecular weight is 580 g/mol.